The molecule has 0 bridgehead atoms. The maximum atomic E-state index is 12.7. The number of hydrogen-bond acceptors (Lipinski definition) is 6. The molecule has 8 heteroatoms. The Morgan fingerprint density at radius 1 is 1.33 bits per heavy atom. The number of aromatic nitrogens is 4. The predicted octanol–water partition coefficient (Wildman–Crippen LogP) is 3.98. The first-order chi connectivity index (χ1) is 11.5. The summed E-state index contributed by atoms with van der Waals surface area (Å²) < 4.78 is 7.78. The number of thioether (sulfide) groups is 1. The lowest BCUT2D eigenvalue weighted by atomic mass is 10.2. The Kier molecular flexibility index (Phi) is 5.05. The molecule has 0 N–H and O–H groups in total. The molecule has 0 fully saturated rings. The Labute approximate surface area is 151 Å². The van der Waals surface area contributed by atoms with E-state index >= 15 is 0 Å². The SMILES string of the molecule is CCn1c(SCc2nc(C(C)C)no2)nc2ccc(Br)cc2c1=O. The zero-order valence-electron chi connectivity index (χ0n) is 13.6. The third-order valence-corrected chi connectivity index (χ3v) is 4.98. The molecule has 2 heterocycles. The Morgan fingerprint density at radius 2 is 2.12 bits per heavy atom. The van der Waals surface area contributed by atoms with Crippen molar-refractivity contribution in [3.05, 3.63) is 44.7 Å². The average molecular weight is 409 g/mol. The van der Waals surface area contributed by atoms with E-state index in [2.05, 4.69) is 31.1 Å². The van der Waals surface area contributed by atoms with E-state index in [0.29, 0.717) is 40.1 Å². The molecule has 0 saturated heterocycles. The zero-order valence-corrected chi connectivity index (χ0v) is 16.0. The van der Waals surface area contributed by atoms with Crippen molar-refractivity contribution < 1.29 is 4.52 Å². The molecule has 126 valence electrons. The van der Waals surface area contributed by atoms with Gasteiger partial charge in [0, 0.05) is 16.9 Å². The minimum Gasteiger partial charge on any atom is -0.338 e. The molecule has 0 saturated carbocycles. The van der Waals surface area contributed by atoms with Crippen LogP contribution >= 0.6 is 27.7 Å². The highest BCUT2D eigenvalue weighted by atomic mass is 79.9. The molecule has 2 aromatic heterocycles. The van der Waals surface area contributed by atoms with Crippen LogP contribution in [-0.4, -0.2) is 19.7 Å². The number of benzene rings is 1. The van der Waals surface area contributed by atoms with Gasteiger partial charge >= 0.3 is 0 Å². The van der Waals surface area contributed by atoms with Gasteiger partial charge in [0.1, 0.15) is 0 Å². The van der Waals surface area contributed by atoms with Crippen molar-refractivity contribution in [3.8, 4) is 0 Å². The molecule has 0 spiro atoms. The van der Waals surface area contributed by atoms with E-state index in [-0.39, 0.29) is 11.5 Å². The van der Waals surface area contributed by atoms with Crippen molar-refractivity contribution >= 4 is 38.6 Å². The monoisotopic (exact) mass is 408 g/mol. The molecule has 0 atom stereocenters. The van der Waals surface area contributed by atoms with Crippen LogP contribution in [0, 0.1) is 0 Å². The average Bonchev–Trinajstić information content (AvgIpc) is 3.03. The Hall–Kier alpha value is -1.67. The number of halogens is 1. The molecule has 0 aliphatic heterocycles. The minimum atomic E-state index is -0.0419. The molecular weight excluding hydrogens is 392 g/mol. The van der Waals surface area contributed by atoms with Gasteiger partial charge in [0.25, 0.3) is 5.56 Å². The van der Waals surface area contributed by atoms with Crippen molar-refractivity contribution in [2.45, 2.75) is 44.1 Å². The highest BCUT2D eigenvalue weighted by molar-refractivity contribution is 9.10. The number of hydrogen-bond donors (Lipinski definition) is 0. The first kappa shape index (κ1) is 17.2. The summed E-state index contributed by atoms with van der Waals surface area (Å²) in [6.07, 6.45) is 0. The van der Waals surface area contributed by atoms with Crippen molar-refractivity contribution in [2.24, 2.45) is 0 Å². The van der Waals surface area contributed by atoms with Gasteiger partial charge < -0.3 is 4.52 Å². The Bertz CT molecular complexity index is 935. The van der Waals surface area contributed by atoms with Gasteiger partial charge in [0.2, 0.25) is 5.89 Å². The summed E-state index contributed by atoms with van der Waals surface area (Å²) in [5.74, 6) is 1.93. The Balaban J connectivity index is 1.93. The number of fused-ring (bicyclic) bond motifs is 1. The van der Waals surface area contributed by atoms with Crippen LogP contribution in [0.1, 0.15) is 38.4 Å². The fourth-order valence-electron chi connectivity index (χ4n) is 2.25. The third-order valence-electron chi connectivity index (χ3n) is 3.52. The van der Waals surface area contributed by atoms with Gasteiger partial charge in [-0.25, -0.2) is 4.98 Å². The molecule has 24 heavy (non-hydrogen) atoms. The lowest BCUT2D eigenvalue weighted by Gasteiger charge is -2.10. The number of rotatable bonds is 5. The topological polar surface area (TPSA) is 73.8 Å². The first-order valence-electron chi connectivity index (χ1n) is 7.65. The summed E-state index contributed by atoms with van der Waals surface area (Å²) in [7, 11) is 0. The largest absolute Gasteiger partial charge is 0.338 e. The van der Waals surface area contributed by atoms with Gasteiger partial charge in [-0.1, -0.05) is 46.7 Å². The highest BCUT2D eigenvalue weighted by Crippen LogP contribution is 2.23. The van der Waals surface area contributed by atoms with Crippen molar-refractivity contribution in [2.75, 3.05) is 0 Å². The van der Waals surface area contributed by atoms with E-state index in [0.717, 1.165) is 4.47 Å². The van der Waals surface area contributed by atoms with Crippen LogP contribution in [0.5, 0.6) is 0 Å². The molecule has 0 aliphatic rings. The van der Waals surface area contributed by atoms with E-state index in [9.17, 15) is 4.79 Å². The molecule has 1 aromatic carbocycles. The molecule has 0 radical (unpaired) electrons. The molecular formula is C16H17BrN4O2S. The van der Waals surface area contributed by atoms with Crippen LogP contribution in [0.4, 0.5) is 0 Å². The van der Waals surface area contributed by atoms with Crippen LogP contribution in [0.15, 0.2) is 37.1 Å². The summed E-state index contributed by atoms with van der Waals surface area (Å²) in [5, 5.41) is 5.22. The summed E-state index contributed by atoms with van der Waals surface area (Å²) in [4.78, 5) is 21.7. The van der Waals surface area contributed by atoms with Gasteiger partial charge in [-0.3, -0.25) is 9.36 Å². The molecule has 0 aliphatic carbocycles. The summed E-state index contributed by atoms with van der Waals surface area (Å²) in [6.45, 7) is 6.51. The summed E-state index contributed by atoms with van der Waals surface area (Å²) in [6, 6.07) is 5.53. The van der Waals surface area contributed by atoms with E-state index in [1.54, 1.807) is 10.6 Å². The Morgan fingerprint density at radius 3 is 2.79 bits per heavy atom. The molecule has 0 amide bonds. The van der Waals surface area contributed by atoms with E-state index < -0.39 is 0 Å². The van der Waals surface area contributed by atoms with Crippen LogP contribution in [0.25, 0.3) is 10.9 Å². The van der Waals surface area contributed by atoms with Gasteiger partial charge in [-0.05, 0) is 25.1 Å². The smallest absolute Gasteiger partial charge is 0.262 e. The van der Waals surface area contributed by atoms with E-state index in [4.69, 9.17) is 4.52 Å². The summed E-state index contributed by atoms with van der Waals surface area (Å²) >= 11 is 4.82. The van der Waals surface area contributed by atoms with E-state index in [1.807, 2.05) is 32.9 Å². The predicted molar refractivity (Wildman–Crippen MR) is 97.3 cm³/mol. The summed E-state index contributed by atoms with van der Waals surface area (Å²) in [5.41, 5.74) is 0.642. The van der Waals surface area contributed by atoms with Crippen LogP contribution in [-0.2, 0) is 12.3 Å². The van der Waals surface area contributed by atoms with Gasteiger partial charge in [0.05, 0.1) is 16.7 Å². The van der Waals surface area contributed by atoms with Gasteiger partial charge in [0.15, 0.2) is 11.0 Å². The highest BCUT2D eigenvalue weighted by Gasteiger charge is 2.14. The fourth-order valence-corrected chi connectivity index (χ4v) is 3.51. The van der Waals surface area contributed by atoms with Gasteiger partial charge in [-0.2, -0.15) is 4.98 Å². The fraction of sp³-hybridized carbons (Fsp3) is 0.375. The number of nitrogens with zero attached hydrogens (tertiary/aromatic N) is 4. The van der Waals surface area contributed by atoms with Crippen molar-refractivity contribution in [1.82, 2.24) is 19.7 Å². The second-order valence-corrected chi connectivity index (χ2v) is 7.45. The second-order valence-electron chi connectivity index (χ2n) is 5.59. The van der Waals surface area contributed by atoms with Crippen molar-refractivity contribution in [1.29, 1.82) is 0 Å². The van der Waals surface area contributed by atoms with Crippen LogP contribution in [0.2, 0.25) is 0 Å². The second kappa shape index (κ2) is 7.06. The molecule has 3 rings (SSSR count). The zero-order chi connectivity index (χ0) is 17.3. The van der Waals surface area contributed by atoms with Crippen molar-refractivity contribution in [3.63, 3.8) is 0 Å². The molecule has 3 aromatic rings. The lowest BCUT2D eigenvalue weighted by Crippen LogP contribution is -2.22. The standard InChI is InChI=1S/C16H17BrN4O2S/c1-4-21-15(22)11-7-10(17)5-6-12(11)18-16(21)24-8-13-19-14(9(2)3)20-23-13/h5-7,9H,4,8H2,1-3H3. The maximum absolute atomic E-state index is 12.7. The minimum absolute atomic E-state index is 0.0419. The van der Waals surface area contributed by atoms with Crippen LogP contribution in [0.3, 0.4) is 0 Å². The quantitative estimate of drug-likeness (QED) is 0.469. The molecule has 6 nitrogen and oxygen atoms in total. The molecule has 0 unspecified atom stereocenters. The third kappa shape index (κ3) is 3.39. The lowest BCUT2D eigenvalue weighted by molar-refractivity contribution is 0.382. The van der Waals surface area contributed by atoms with Gasteiger partial charge in [-0.15, -0.1) is 0 Å². The van der Waals surface area contributed by atoms with E-state index in [1.165, 1.54) is 11.8 Å². The normalized spacial score (nSPS) is 11.5. The first-order valence-corrected chi connectivity index (χ1v) is 9.42. The van der Waals surface area contributed by atoms with Crippen LogP contribution < -0.4 is 5.56 Å². The maximum Gasteiger partial charge on any atom is 0.262 e.